The van der Waals surface area contributed by atoms with Crippen molar-refractivity contribution in [3.63, 3.8) is 0 Å². The average Bonchev–Trinajstić information content (AvgIpc) is 2.68. The summed E-state index contributed by atoms with van der Waals surface area (Å²) in [5, 5.41) is 8.73. The fourth-order valence-electron chi connectivity index (χ4n) is 1.54. The largest absolute Gasteiger partial charge is 0.396 e. The van der Waals surface area contributed by atoms with Gasteiger partial charge in [-0.15, -0.1) is 0 Å². The van der Waals surface area contributed by atoms with Crippen molar-refractivity contribution in [2.75, 3.05) is 6.61 Å². The van der Waals surface area contributed by atoms with Gasteiger partial charge in [-0.1, -0.05) is 32.6 Å². The molecule has 0 aromatic rings. The first-order chi connectivity index (χ1) is 4.88. The Morgan fingerprint density at radius 1 is 1.30 bits per heavy atom. The molecule has 0 saturated heterocycles. The molecule has 1 rings (SSSR count). The quantitative estimate of drug-likeness (QED) is 0.583. The molecule has 1 aliphatic carbocycles. The minimum atomic E-state index is 0.427. The molecule has 1 fully saturated rings. The van der Waals surface area contributed by atoms with Crippen LogP contribution in [0, 0.1) is 11.8 Å². The van der Waals surface area contributed by atoms with E-state index < -0.39 is 0 Å². The average molecular weight is 142 g/mol. The van der Waals surface area contributed by atoms with E-state index in [1.54, 1.807) is 0 Å². The van der Waals surface area contributed by atoms with Crippen molar-refractivity contribution in [1.82, 2.24) is 0 Å². The number of unbranched alkanes of at least 4 members (excludes halogenated alkanes) is 2. The van der Waals surface area contributed by atoms with Crippen molar-refractivity contribution in [2.45, 2.75) is 39.0 Å². The van der Waals surface area contributed by atoms with Gasteiger partial charge in [-0.2, -0.15) is 0 Å². The molecule has 0 bridgehead atoms. The van der Waals surface area contributed by atoms with Crippen molar-refractivity contribution >= 4 is 0 Å². The van der Waals surface area contributed by atoms with Crippen LogP contribution in [0.5, 0.6) is 0 Å². The molecule has 0 spiro atoms. The predicted molar refractivity (Wildman–Crippen MR) is 42.8 cm³/mol. The molecule has 60 valence electrons. The Balaban J connectivity index is 1.87. The van der Waals surface area contributed by atoms with Crippen molar-refractivity contribution in [2.24, 2.45) is 11.8 Å². The molecule has 1 aliphatic rings. The topological polar surface area (TPSA) is 20.2 Å². The first-order valence-electron chi connectivity index (χ1n) is 4.49. The van der Waals surface area contributed by atoms with E-state index in [1.165, 1.54) is 32.1 Å². The van der Waals surface area contributed by atoms with Gasteiger partial charge in [0.15, 0.2) is 0 Å². The van der Waals surface area contributed by atoms with Crippen LogP contribution in [0.1, 0.15) is 39.0 Å². The fraction of sp³-hybridized carbons (Fsp3) is 1.00. The highest BCUT2D eigenvalue weighted by Gasteiger charge is 2.34. The lowest BCUT2D eigenvalue weighted by Gasteiger charge is -1.95. The lowest BCUT2D eigenvalue weighted by Crippen LogP contribution is -1.88. The Labute approximate surface area is 63.4 Å². The Morgan fingerprint density at radius 3 is 2.60 bits per heavy atom. The normalized spacial score (nSPS) is 30.6. The molecule has 2 atom stereocenters. The van der Waals surface area contributed by atoms with Crippen LogP contribution in [0.3, 0.4) is 0 Å². The summed E-state index contributed by atoms with van der Waals surface area (Å²) < 4.78 is 0. The van der Waals surface area contributed by atoms with Crippen molar-refractivity contribution in [1.29, 1.82) is 0 Å². The zero-order valence-corrected chi connectivity index (χ0v) is 6.84. The summed E-state index contributed by atoms with van der Waals surface area (Å²) in [5.74, 6) is 1.56. The molecule has 10 heavy (non-hydrogen) atoms. The Bertz CT molecular complexity index is 90.7. The van der Waals surface area contributed by atoms with E-state index in [1.807, 2.05) is 0 Å². The van der Waals surface area contributed by atoms with Gasteiger partial charge in [0.1, 0.15) is 0 Å². The van der Waals surface area contributed by atoms with Crippen LogP contribution in [0.2, 0.25) is 0 Å². The third-order valence-electron chi connectivity index (χ3n) is 2.48. The van der Waals surface area contributed by atoms with Gasteiger partial charge in [0, 0.05) is 6.61 Å². The summed E-state index contributed by atoms with van der Waals surface area (Å²) in [4.78, 5) is 0. The maximum absolute atomic E-state index is 8.73. The third-order valence-corrected chi connectivity index (χ3v) is 2.48. The van der Waals surface area contributed by atoms with Crippen LogP contribution in [-0.2, 0) is 0 Å². The molecule has 0 amide bonds. The number of hydrogen-bond donors (Lipinski definition) is 1. The molecule has 0 heterocycles. The van der Waals surface area contributed by atoms with Crippen LogP contribution in [0.15, 0.2) is 0 Å². The number of aliphatic hydroxyl groups excluding tert-OH is 1. The zero-order valence-electron chi connectivity index (χ0n) is 6.84. The molecule has 1 nitrogen and oxygen atoms in total. The third kappa shape index (κ3) is 2.30. The molecule has 1 heteroatoms. The monoisotopic (exact) mass is 142 g/mol. The minimum Gasteiger partial charge on any atom is -0.396 e. The maximum atomic E-state index is 8.73. The first-order valence-corrected chi connectivity index (χ1v) is 4.49. The second kappa shape index (κ2) is 3.97. The first kappa shape index (κ1) is 8.06. The van der Waals surface area contributed by atoms with Gasteiger partial charge >= 0.3 is 0 Å². The highest BCUT2D eigenvalue weighted by atomic mass is 16.3. The molecule has 1 saturated carbocycles. The fourth-order valence-corrected chi connectivity index (χ4v) is 1.54. The molecular formula is C9H18O. The predicted octanol–water partition coefficient (Wildman–Crippen LogP) is 2.20. The molecule has 0 aromatic heterocycles. The lowest BCUT2D eigenvalue weighted by atomic mass is 10.1. The van der Waals surface area contributed by atoms with Crippen LogP contribution in [-0.4, -0.2) is 11.7 Å². The van der Waals surface area contributed by atoms with Crippen LogP contribution in [0.25, 0.3) is 0 Å². The smallest absolute Gasteiger partial charge is 0.0462 e. The second-order valence-electron chi connectivity index (χ2n) is 3.43. The van der Waals surface area contributed by atoms with Gasteiger partial charge in [0.2, 0.25) is 0 Å². The van der Waals surface area contributed by atoms with E-state index in [-0.39, 0.29) is 0 Å². The summed E-state index contributed by atoms with van der Waals surface area (Å²) in [6.07, 6.45) is 6.71. The molecule has 0 aliphatic heterocycles. The second-order valence-corrected chi connectivity index (χ2v) is 3.43. The van der Waals surface area contributed by atoms with Gasteiger partial charge in [-0.3, -0.25) is 0 Å². The minimum absolute atomic E-state index is 0.427. The molecule has 0 radical (unpaired) electrons. The number of rotatable bonds is 5. The highest BCUT2D eigenvalue weighted by Crippen LogP contribution is 2.41. The summed E-state index contributed by atoms with van der Waals surface area (Å²) >= 11 is 0. The maximum Gasteiger partial charge on any atom is 0.0462 e. The van der Waals surface area contributed by atoms with Crippen LogP contribution < -0.4 is 0 Å². The molecule has 1 unspecified atom stereocenters. The van der Waals surface area contributed by atoms with E-state index in [4.69, 9.17) is 5.11 Å². The Hall–Kier alpha value is -0.0400. The molecule has 0 aromatic carbocycles. The number of aliphatic hydroxyl groups is 1. The SMILES string of the molecule is CCCCCC1C[C@H]1CO. The standard InChI is InChI=1S/C9H18O/c1-2-3-4-5-8-6-9(8)7-10/h8-10H,2-7H2,1H3/t8?,9-/m0/s1. The van der Waals surface area contributed by atoms with Gasteiger partial charge in [-0.25, -0.2) is 0 Å². The van der Waals surface area contributed by atoms with Crippen LogP contribution >= 0.6 is 0 Å². The van der Waals surface area contributed by atoms with E-state index in [0.717, 1.165) is 5.92 Å². The molecule has 1 N–H and O–H groups in total. The summed E-state index contributed by atoms with van der Waals surface area (Å²) in [5.41, 5.74) is 0. The highest BCUT2D eigenvalue weighted by molar-refractivity contribution is 4.84. The van der Waals surface area contributed by atoms with Gasteiger partial charge in [-0.05, 0) is 18.3 Å². The Morgan fingerprint density at radius 2 is 2.10 bits per heavy atom. The molecular weight excluding hydrogens is 124 g/mol. The number of hydrogen-bond acceptors (Lipinski definition) is 1. The van der Waals surface area contributed by atoms with Gasteiger partial charge in [0.05, 0.1) is 0 Å². The van der Waals surface area contributed by atoms with E-state index in [0.29, 0.717) is 12.5 Å². The Kier molecular flexibility index (Phi) is 3.20. The summed E-state index contributed by atoms with van der Waals surface area (Å²) in [7, 11) is 0. The van der Waals surface area contributed by atoms with Crippen molar-refractivity contribution < 1.29 is 5.11 Å². The summed E-state index contributed by atoms with van der Waals surface area (Å²) in [6, 6.07) is 0. The summed E-state index contributed by atoms with van der Waals surface area (Å²) in [6.45, 7) is 2.66. The van der Waals surface area contributed by atoms with Crippen LogP contribution in [0.4, 0.5) is 0 Å². The van der Waals surface area contributed by atoms with E-state index >= 15 is 0 Å². The lowest BCUT2D eigenvalue weighted by molar-refractivity contribution is 0.267. The van der Waals surface area contributed by atoms with E-state index in [9.17, 15) is 0 Å². The van der Waals surface area contributed by atoms with Gasteiger partial charge < -0.3 is 5.11 Å². The van der Waals surface area contributed by atoms with Gasteiger partial charge in [0.25, 0.3) is 0 Å². The van der Waals surface area contributed by atoms with Crippen molar-refractivity contribution in [3.8, 4) is 0 Å². The van der Waals surface area contributed by atoms with Crippen molar-refractivity contribution in [3.05, 3.63) is 0 Å². The zero-order chi connectivity index (χ0) is 7.40. The van der Waals surface area contributed by atoms with E-state index in [2.05, 4.69) is 6.92 Å².